The molecular formula is C24H38FN3O4Si. The lowest BCUT2D eigenvalue weighted by atomic mass is 9.98. The van der Waals surface area contributed by atoms with Crippen LogP contribution in [-0.2, 0) is 15.6 Å². The average Bonchev–Trinajstić information content (AvgIpc) is 2.99. The summed E-state index contributed by atoms with van der Waals surface area (Å²) in [6.45, 7) is 17.4. The second kappa shape index (κ2) is 8.90. The number of hydrogen-bond acceptors (Lipinski definition) is 6. The first-order chi connectivity index (χ1) is 15.1. The summed E-state index contributed by atoms with van der Waals surface area (Å²) in [4.78, 5) is 18.7. The Hall–Kier alpha value is -2.13. The van der Waals surface area contributed by atoms with E-state index in [1.54, 1.807) is 4.90 Å². The summed E-state index contributed by atoms with van der Waals surface area (Å²) >= 11 is 0. The third-order valence-corrected chi connectivity index (χ3v) is 11.0. The molecule has 0 spiro atoms. The van der Waals surface area contributed by atoms with Crippen molar-refractivity contribution >= 4 is 25.8 Å². The Kier molecular flexibility index (Phi) is 6.88. The van der Waals surface area contributed by atoms with Gasteiger partial charge in [0.1, 0.15) is 5.60 Å². The van der Waals surface area contributed by atoms with E-state index >= 15 is 4.39 Å². The van der Waals surface area contributed by atoms with Crippen LogP contribution in [0.4, 0.5) is 15.0 Å². The van der Waals surface area contributed by atoms with E-state index in [9.17, 15) is 4.79 Å². The van der Waals surface area contributed by atoms with Crippen molar-refractivity contribution < 1.29 is 23.1 Å². The van der Waals surface area contributed by atoms with Gasteiger partial charge < -0.3 is 24.5 Å². The molecular weight excluding hydrogens is 441 g/mol. The Morgan fingerprint density at radius 2 is 1.94 bits per heavy atom. The first kappa shape index (κ1) is 25.5. The van der Waals surface area contributed by atoms with Crippen molar-refractivity contribution in [1.82, 2.24) is 9.88 Å². The topological polar surface area (TPSA) is 86.9 Å². The Bertz CT molecular complexity index is 950. The number of ether oxygens (including phenoxy) is 2. The maximum atomic E-state index is 15.3. The zero-order chi connectivity index (χ0) is 24.8. The quantitative estimate of drug-likeness (QED) is 0.603. The number of nitrogen functional groups attached to an aromatic ring is 1. The van der Waals surface area contributed by atoms with E-state index in [0.29, 0.717) is 43.0 Å². The van der Waals surface area contributed by atoms with Crippen LogP contribution >= 0.6 is 0 Å². The highest BCUT2D eigenvalue weighted by Crippen LogP contribution is 2.42. The van der Waals surface area contributed by atoms with E-state index < -0.39 is 25.8 Å². The van der Waals surface area contributed by atoms with Gasteiger partial charge in [-0.3, -0.25) is 0 Å². The van der Waals surface area contributed by atoms with Gasteiger partial charge in [0.15, 0.2) is 25.7 Å². The third-order valence-electron chi connectivity index (χ3n) is 6.44. The molecule has 0 aromatic carbocycles. The van der Waals surface area contributed by atoms with E-state index in [2.05, 4.69) is 38.8 Å². The minimum absolute atomic E-state index is 0.0172. The van der Waals surface area contributed by atoms with Crippen LogP contribution in [-0.4, -0.2) is 55.7 Å². The first-order valence-corrected chi connectivity index (χ1v) is 14.5. The monoisotopic (exact) mass is 479 g/mol. The summed E-state index contributed by atoms with van der Waals surface area (Å²) in [7, 11) is -2.17. The number of anilines is 1. The number of fused-ring (bicyclic) bond motifs is 1. The molecule has 3 rings (SSSR count). The van der Waals surface area contributed by atoms with Gasteiger partial charge in [0, 0.05) is 19.5 Å². The summed E-state index contributed by atoms with van der Waals surface area (Å²) < 4.78 is 33.3. The highest BCUT2D eigenvalue weighted by molar-refractivity contribution is 6.74. The summed E-state index contributed by atoms with van der Waals surface area (Å²) in [6, 6.07) is 0. The average molecular weight is 480 g/mol. The smallest absolute Gasteiger partial charge is 0.410 e. The molecule has 2 aliphatic heterocycles. The molecule has 3 heterocycles. The van der Waals surface area contributed by atoms with E-state index in [-0.39, 0.29) is 23.5 Å². The number of nitrogens with zero attached hydrogens (tertiary/aromatic N) is 2. The third kappa shape index (κ3) is 5.69. The zero-order valence-electron chi connectivity index (χ0n) is 21.2. The lowest BCUT2D eigenvalue weighted by molar-refractivity contribution is 0.0196. The molecule has 0 saturated heterocycles. The molecule has 0 fully saturated rings. The number of carbonyl (C=O) groups is 1. The first-order valence-electron chi connectivity index (χ1n) is 11.5. The van der Waals surface area contributed by atoms with Crippen molar-refractivity contribution in [3.05, 3.63) is 23.2 Å². The molecule has 1 aromatic rings. The van der Waals surface area contributed by atoms with Gasteiger partial charge in [0.05, 0.1) is 24.0 Å². The molecule has 2 N–H and O–H groups in total. The van der Waals surface area contributed by atoms with Gasteiger partial charge in [-0.05, 0) is 50.9 Å². The van der Waals surface area contributed by atoms with Gasteiger partial charge in [-0.1, -0.05) is 26.8 Å². The van der Waals surface area contributed by atoms with Crippen LogP contribution in [0.25, 0.3) is 5.57 Å². The highest BCUT2D eigenvalue weighted by atomic mass is 28.4. The maximum Gasteiger partial charge on any atom is 0.410 e. The molecule has 2 aliphatic rings. The molecule has 1 aromatic heterocycles. The van der Waals surface area contributed by atoms with Gasteiger partial charge in [0.2, 0.25) is 0 Å². The molecule has 9 heteroatoms. The number of nitrogens with two attached hydrogens (primary N) is 1. The molecule has 7 nitrogen and oxygen atoms in total. The number of rotatable bonds is 3. The van der Waals surface area contributed by atoms with E-state index in [1.807, 2.05) is 26.8 Å². The Balaban J connectivity index is 2.01. The predicted octanol–water partition coefficient (Wildman–Crippen LogP) is 5.15. The number of hydrogen-bond donors (Lipinski definition) is 1. The van der Waals surface area contributed by atoms with Crippen LogP contribution in [0.5, 0.6) is 5.75 Å². The zero-order valence-corrected chi connectivity index (χ0v) is 22.2. The molecule has 0 radical (unpaired) electrons. The van der Waals surface area contributed by atoms with E-state index in [1.165, 1.54) is 0 Å². The summed E-state index contributed by atoms with van der Waals surface area (Å²) in [6.07, 6.45) is 2.15. The van der Waals surface area contributed by atoms with E-state index in [4.69, 9.17) is 19.6 Å². The molecule has 1 amide bonds. The summed E-state index contributed by atoms with van der Waals surface area (Å²) in [5, 5.41) is -0.0172. The van der Waals surface area contributed by atoms with Crippen molar-refractivity contribution in [2.45, 2.75) is 84.2 Å². The molecule has 184 valence electrons. The Morgan fingerprint density at radius 1 is 1.27 bits per heavy atom. The molecule has 0 unspecified atom stereocenters. The number of carbonyl (C=O) groups excluding carboxylic acids is 1. The van der Waals surface area contributed by atoms with Crippen LogP contribution in [0.1, 0.15) is 59.2 Å². The van der Waals surface area contributed by atoms with E-state index in [0.717, 1.165) is 5.57 Å². The predicted molar refractivity (Wildman–Crippen MR) is 130 cm³/mol. The maximum absolute atomic E-state index is 15.3. The van der Waals surface area contributed by atoms with Crippen LogP contribution < -0.4 is 10.5 Å². The largest absolute Gasteiger partial charge is 0.491 e. The fraction of sp³-hybridized carbons (Fsp3) is 0.667. The highest BCUT2D eigenvalue weighted by Gasteiger charge is 2.41. The van der Waals surface area contributed by atoms with Crippen LogP contribution in [0.15, 0.2) is 6.08 Å². The second-order valence-corrected chi connectivity index (χ2v) is 16.1. The molecule has 33 heavy (non-hydrogen) atoms. The van der Waals surface area contributed by atoms with Gasteiger partial charge in [-0.25, -0.2) is 14.2 Å². The lowest BCUT2D eigenvalue weighted by Crippen LogP contribution is -2.48. The molecule has 0 saturated carbocycles. The number of aromatic nitrogens is 1. The standard InChI is InChI=1S/C24H38FN3O4Si/c1-23(2,3)31-22(29)28-11-9-15(13-16(14-28)32-33(7,8)24(4,5)6)18-19(25)21(26)27-17-10-12-30-20(17)18/h9,16H,10-14H2,1-8H3,(H2,26,27)/t16-/m0/s1. The number of pyridine rings is 1. The van der Waals surface area contributed by atoms with Crippen molar-refractivity contribution in [3.8, 4) is 5.75 Å². The minimum Gasteiger partial charge on any atom is -0.491 e. The molecule has 1 atom stereocenters. The summed E-state index contributed by atoms with van der Waals surface area (Å²) in [5.74, 6) is -0.270. The second-order valence-electron chi connectivity index (χ2n) is 11.4. The van der Waals surface area contributed by atoms with Crippen LogP contribution in [0.3, 0.4) is 0 Å². The van der Waals surface area contributed by atoms with Gasteiger partial charge in [0.25, 0.3) is 0 Å². The lowest BCUT2D eigenvalue weighted by Gasteiger charge is -2.40. The van der Waals surface area contributed by atoms with Crippen LogP contribution in [0, 0.1) is 5.82 Å². The van der Waals surface area contributed by atoms with Crippen molar-refractivity contribution in [2.75, 3.05) is 25.4 Å². The van der Waals surface area contributed by atoms with Gasteiger partial charge in [-0.15, -0.1) is 0 Å². The number of halogens is 1. The minimum atomic E-state index is -2.17. The number of amides is 1. The Labute approximate surface area is 197 Å². The molecule has 0 aliphatic carbocycles. The Morgan fingerprint density at radius 3 is 2.55 bits per heavy atom. The fourth-order valence-corrected chi connectivity index (χ4v) is 5.11. The van der Waals surface area contributed by atoms with Gasteiger partial charge in [-0.2, -0.15) is 0 Å². The normalized spacial score (nSPS) is 19.5. The van der Waals surface area contributed by atoms with Crippen molar-refractivity contribution in [1.29, 1.82) is 0 Å². The van der Waals surface area contributed by atoms with Crippen molar-refractivity contribution in [2.24, 2.45) is 0 Å². The van der Waals surface area contributed by atoms with Gasteiger partial charge >= 0.3 is 6.09 Å². The fourth-order valence-electron chi connectivity index (χ4n) is 3.76. The summed E-state index contributed by atoms with van der Waals surface area (Å²) in [5.41, 5.74) is 7.00. The van der Waals surface area contributed by atoms with Crippen molar-refractivity contribution in [3.63, 3.8) is 0 Å². The SMILES string of the molecule is CC(C)(C)OC(=O)N1CC=C(c2c(F)c(N)nc3c2OCC3)C[C@H](O[Si](C)(C)C(C)(C)C)C1. The molecule has 0 bridgehead atoms. The van der Waals surface area contributed by atoms with Crippen LogP contribution in [0.2, 0.25) is 18.1 Å².